The van der Waals surface area contributed by atoms with Crippen LogP contribution in [-0.4, -0.2) is 22.1 Å². The second-order valence-electron chi connectivity index (χ2n) is 1.46. The lowest BCUT2D eigenvalue weighted by atomic mass is 10.5. The zero-order valence-electron chi connectivity index (χ0n) is 5.43. The normalized spacial score (nSPS) is 10.2. The molecule has 58 valence electrons. The highest BCUT2D eigenvalue weighted by Gasteiger charge is 1.93. The Morgan fingerprint density at radius 3 is 2.60 bits per heavy atom. The minimum absolute atomic E-state index is 0.377. The average molecular weight is 183 g/mol. The van der Waals surface area contributed by atoms with Crippen LogP contribution in [0, 0.1) is 11.2 Å². The van der Waals surface area contributed by atoms with Gasteiger partial charge in [-0.05, 0) is 0 Å². The van der Waals surface area contributed by atoms with Gasteiger partial charge in [0.15, 0.2) is 0 Å². The second kappa shape index (κ2) is 4.56. The molecule has 0 aromatic heterocycles. The number of ether oxygens (including phenoxy) is 1. The quantitative estimate of drug-likeness (QED) is 0.356. The van der Waals surface area contributed by atoms with E-state index in [1.807, 2.05) is 5.25 Å². The predicted octanol–water partition coefficient (Wildman–Crippen LogP) is 0.552. The van der Waals surface area contributed by atoms with Crippen molar-refractivity contribution in [3.05, 3.63) is 0 Å². The molecule has 5 heteroatoms. The highest BCUT2D eigenvalue weighted by Crippen LogP contribution is 1.91. The van der Waals surface area contributed by atoms with Crippen molar-refractivity contribution in [2.45, 2.75) is 6.42 Å². The van der Waals surface area contributed by atoms with Crippen LogP contribution in [0.1, 0.15) is 6.42 Å². The lowest BCUT2D eigenvalue weighted by Gasteiger charge is -1.85. The van der Waals surface area contributed by atoms with Crippen molar-refractivity contribution in [2.24, 2.45) is 0 Å². The van der Waals surface area contributed by atoms with Gasteiger partial charge in [0, 0.05) is 29.5 Å². The molecule has 0 fully saturated rings. The van der Waals surface area contributed by atoms with Crippen molar-refractivity contribution in [3.8, 4) is 11.2 Å². The van der Waals surface area contributed by atoms with Gasteiger partial charge < -0.3 is 4.74 Å². The average Bonchev–Trinajstić information content (AvgIpc) is 1.78. The lowest BCUT2D eigenvalue weighted by Crippen LogP contribution is -1.86. The van der Waals surface area contributed by atoms with Gasteiger partial charge in [-0.3, -0.25) is 0 Å². The zero-order chi connectivity index (χ0) is 8.04. The number of rotatable bonds is 2. The van der Waals surface area contributed by atoms with E-state index >= 15 is 0 Å². The predicted molar refractivity (Wildman–Crippen MR) is 39.0 cm³/mol. The van der Waals surface area contributed by atoms with Gasteiger partial charge in [-0.2, -0.15) is 8.42 Å². The SMILES string of the molecule is COCCC#CS(=O)(=O)Cl. The maximum Gasteiger partial charge on any atom is 0.300 e. The Morgan fingerprint density at radius 1 is 1.60 bits per heavy atom. The van der Waals surface area contributed by atoms with Crippen LogP contribution in [0.4, 0.5) is 0 Å². The summed E-state index contributed by atoms with van der Waals surface area (Å²) in [5.41, 5.74) is 0. The van der Waals surface area contributed by atoms with Crippen LogP contribution < -0.4 is 0 Å². The topological polar surface area (TPSA) is 43.4 Å². The van der Waals surface area contributed by atoms with Crippen molar-refractivity contribution in [2.75, 3.05) is 13.7 Å². The van der Waals surface area contributed by atoms with Crippen molar-refractivity contribution < 1.29 is 13.2 Å². The maximum absolute atomic E-state index is 10.1. The summed E-state index contributed by atoms with van der Waals surface area (Å²) < 4.78 is 24.9. The first-order chi connectivity index (χ1) is 4.56. The molecule has 0 saturated carbocycles. The fraction of sp³-hybridized carbons (Fsp3) is 0.600. The Balaban J connectivity index is 3.72. The van der Waals surface area contributed by atoms with Crippen molar-refractivity contribution in [1.29, 1.82) is 0 Å². The molecule has 0 unspecified atom stereocenters. The van der Waals surface area contributed by atoms with Crippen LogP contribution in [-0.2, 0) is 13.8 Å². The number of hydrogen-bond donors (Lipinski definition) is 0. The number of hydrogen-bond acceptors (Lipinski definition) is 3. The van der Waals surface area contributed by atoms with Gasteiger partial charge in [-0.1, -0.05) is 5.92 Å². The summed E-state index contributed by atoms with van der Waals surface area (Å²) in [6.45, 7) is 0.416. The molecule has 3 nitrogen and oxygen atoms in total. The Labute approximate surface area is 64.7 Å². The fourth-order valence-corrected chi connectivity index (χ4v) is 0.728. The molecule has 0 amide bonds. The summed E-state index contributed by atoms with van der Waals surface area (Å²) in [6, 6.07) is 0. The van der Waals surface area contributed by atoms with Crippen LogP contribution in [0.3, 0.4) is 0 Å². The highest BCUT2D eigenvalue weighted by molar-refractivity contribution is 8.17. The molecule has 0 aliphatic heterocycles. The van der Waals surface area contributed by atoms with E-state index in [1.165, 1.54) is 7.11 Å². The smallest absolute Gasteiger partial charge is 0.300 e. The van der Waals surface area contributed by atoms with Crippen molar-refractivity contribution in [1.82, 2.24) is 0 Å². The van der Waals surface area contributed by atoms with Crippen LogP contribution in [0.2, 0.25) is 0 Å². The first kappa shape index (κ1) is 9.76. The summed E-state index contributed by atoms with van der Waals surface area (Å²) in [5, 5.41) is 1.86. The molecule has 0 heterocycles. The summed E-state index contributed by atoms with van der Waals surface area (Å²) in [6.07, 6.45) is 0.377. The summed E-state index contributed by atoms with van der Waals surface area (Å²) in [4.78, 5) is 0. The van der Waals surface area contributed by atoms with Crippen LogP contribution >= 0.6 is 10.7 Å². The first-order valence-corrected chi connectivity index (χ1v) is 4.80. The van der Waals surface area contributed by atoms with Gasteiger partial charge in [-0.15, -0.1) is 0 Å². The van der Waals surface area contributed by atoms with Gasteiger partial charge >= 0.3 is 9.05 Å². The molecule has 0 atom stereocenters. The molecule has 0 aliphatic rings. The molecule has 0 radical (unpaired) electrons. The number of halogens is 1. The molecule has 0 aromatic rings. The minimum atomic E-state index is -3.65. The summed E-state index contributed by atoms with van der Waals surface area (Å²) in [7, 11) is 2.63. The highest BCUT2D eigenvalue weighted by atomic mass is 35.7. The summed E-state index contributed by atoms with van der Waals surface area (Å²) in [5.74, 6) is 2.33. The molecular weight excluding hydrogens is 176 g/mol. The van der Waals surface area contributed by atoms with E-state index in [1.54, 1.807) is 0 Å². The van der Waals surface area contributed by atoms with E-state index in [4.69, 9.17) is 10.7 Å². The molecular formula is C5H7ClO3S. The number of methoxy groups -OCH3 is 1. The molecule has 0 aliphatic carbocycles. The largest absolute Gasteiger partial charge is 0.384 e. The van der Waals surface area contributed by atoms with Crippen LogP contribution in [0.5, 0.6) is 0 Å². The van der Waals surface area contributed by atoms with E-state index in [-0.39, 0.29) is 0 Å². The molecule has 0 N–H and O–H groups in total. The molecule has 0 spiro atoms. The lowest BCUT2D eigenvalue weighted by molar-refractivity contribution is 0.206. The van der Waals surface area contributed by atoms with Gasteiger partial charge in [0.25, 0.3) is 0 Å². The molecule has 0 aromatic carbocycles. The Morgan fingerprint density at radius 2 is 2.20 bits per heavy atom. The van der Waals surface area contributed by atoms with Crippen LogP contribution in [0.25, 0.3) is 0 Å². The third-order valence-electron chi connectivity index (χ3n) is 0.625. The third kappa shape index (κ3) is 7.76. The fourth-order valence-electron chi connectivity index (χ4n) is 0.290. The van der Waals surface area contributed by atoms with Gasteiger partial charge in [0.2, 0.25) is 0 Å². The Kier molecular flexibility index (Phi) is 4.45. The van der Waals surface area contributed by atoms with E-state index < -0.39 is 9.05 Å². The maximum atomic E-state index is 10.1. The molecule has 0 rings (SSSR count). The minimum Gasteiger partial charge on any atom is -0.384 e. The van der Waals surface area contributed by atoms with E-state index in [9.17, 15) is 8.42 Å². The molecule has 10 heavy (non-hydrogen) atoms. The van der Waals surface area contributed by atoms with Crippen molar-refractivity contribution in [3.63, 3.8) is 0 Å². The Hall–Kier alpha value is -0.240. The standard InChI is InChI=1S/C5H7ClO3S/c1-9-4-2-3-5-10(6,7)8/h2,4H2,1H3. The van der Waals surface area contributed by atoms with Crippen molar-refractivity contribution >= 4 is 19.7 Å². The molecule has 0 bridgehead atoms. The van der Waals surface area contributed by atoms with E-state index in [2.05, 4.69) is 10.7 Å². The van der Waals surface area contributed by atoms with Crippen LogP contribution in [0.15, 0.2) is 0 Å². The first-order valence-electron chi connectivity index (χ1n) is 2.49. The van der Waals surface area contributed by atoms with Gasteiger partial charge in [0.1, 0.15) is 0 Å². The third-order valence-corrected chi connectivity index (χ3v) is 1.24. The van der Waals surface area contributed by atoms with E-state index in [0.717, 1.165) is 0 Å². The van der Waals surface area contributed by atoms with E-state index in [0.29, 0.717) is 13.0 Å². The molecule has 0 saturated heterocycles. The second-order valence-corrected chi connectivity index (χ2v) is 3.76. The summed E-state index contributed by atoms with van der Waals surface area (Å²) >= 11 is 0. The van der Waals surface area contributed by atoms with Gasteiger partial charge in [0.05, 0.1) is 6.61 Å². The zero-order valence-corrected chi connectivity index (χ0v) is 7.00. The monoisotopic (exact) mass is 182 g/mol. The van der Waals surface area contributed by atoms with Gasteiger partial charge in [-0.25, -0.2) is 0 Å². The Bertz CT molecular complexity index is 233.